The number of carbonyl (C=O) groups excluding carboxylic acids is 2. The molecule has 0 aromatic heterocycles. The van der Waals surface area contributed by atoms with E-state index in [4.69, 9.17) is 0 Å². The number of hydrogen-bond acceptors (Lipinski definition) is 4. The molecule has 4 rings (SSSR count). The zero-order chi connectivity index (χ0) is 27.3. The minimum absolute atomic E-state index is 0. The summed E-state index contributed by atoms with van der Waals surface area (Å²) in [5.41, 5.74) is 12.2. The van der Waals surface area contributed by atoms with Crippen LogP contribution in [-0.2, 0) is 30.7 Å². The molecule has 0 atom stereocenters. The van der Waals surface area contributed by atoms with E-state index in [1.807, 2.05) is 0 Å². The van der Waals surface area contributed by atoms with Crippen molar-refractivity contribution in [2.75, 3.05) is 18.6 Å². The first-order chi connectivity index (χ1) is 17.5. The van der Waals surface area contributed by atoms with E-state index in [-0.39, 0.29) is 45.8 Å². The van der Waals surface area contributed by atoms with Gasteiger partial charge in [-0.05, 0) is 60.6 Å². The molecule has 0 bridgehead atoms. The first kappa shape index (κ1) is 31.3. The standard InChI is InChI=1S/C27H31BN2.C5H8O2.Pt/c1-19-16-22(4)27(23(5)17-19)28(26-20(2)8-7-9-21(26)3)24-10-12-25(13-11-24)30-15-14-29(6)18-30;1-4(6)3-5(2)7;/h7-17H,18H2,1-6H3;3H2,1-2H3;/q;;+2. The summed E-state index contributed by atoms with van der Waals surface area (Å²) in [6, 6.07) is 20.5. The molecule has 6 heteroatoms. The van der Waals surface area contributed by atoms with Crippen molar-refractivity contribution in [2.45, 2.75) is 54.9 Å². The van der Waals surface area contributed by atoms with Crippen LogP contribution < -0.4 is 21.3 Å². The zero-order valence-electron chi connectivity index (χ0n) is 23.9. The molecule has 0 spiro atoms. The summed E-state index contributed by atoms with van der Waals surface area (Å²) in [6.07, 6.45) is 4.35. The molecule has 200 valence electrons. The zero-order valence-corrected chi connectivity index (χ0v) is 26.1. The maximum absolute atomic E-state index is 10.0. The maximum Gasteiger partial charge on any atom is 2.00 e. The van der Waals surface area contributed by atoms with Crippen molar-refractivity contribution in [1.82, 2.24) is 4.90 Å². The SMILES string of the molecule is CC(=O)CC(C)=O.Cc1cc(C)c(B(c2ccc(N3C=CN(C)C3)cc2)c2c(C)cccc2C)c(C)c1.[Pt+2]. The van der Waals surface area contributed by atoms with Crippen LogP contribution in [0.4, 0.5) is 5.69 Å². The molecular formula is C32H39BN2O2Pt+2. The number of Topliss-reactive ketones (excluding diaryl/α,β-unsaturated/α-hetero) is 2. The van der Waals surface area contributed by atoms with Gasteiger partial charge in [-0.25, -0.2) is 0 Å². The Morgan fingerprint density at radius 1 is 0.763 bits per heavy atom. The number of rotatable bonds is 6. The third-order valence-corrected chi connectivity index (χ3v) is 6.79. The average Bonchev–Trinajstić information content (AvgIpc) is 3.23. The predicted octanol–water partition coefficient (Wildman–Crippen LogP) is 4.48. The quantitative estimate of drug-likeness (QED) is 0.283. The molecule has 0 saturated carbocycles. The van der Waals surface area contributed by atoms with Crippen LogP contribution in [0.5, 0.6) is 0 Å². The van der Waals surface area contributed by atoms with Crippen LogP contribution in [0.25, 0.3) is 0 Å². The largest absolute Gasteiger partial charge is 2.00 e. The van der Waals surface area contributed by atoms with Crippen molar-refractivity contribution in [3.8, 4) is 0 Å². The van der Waals surface area contributed by atoms with Gasteiger partial charge in [0.05, 0.1) is 13.1 Å². The molecule has 38 heavy (non-hydrogen) atoms. The van der Waals surface area contributed by atoms with Crippen molar-refractivity contribution in [1.29, 1.82) is 0 Å². The molecule has 0 unspecified atom stereocenters. The van der Waals surface area contributed by atoms with E-state index in [2.05, 4.69) is 118 Å². The maximum atomic E-state index is 10.0. The Morgan fingerprint density at radius 3 is 1.68 bits per heavy atom. The fourth-order valence-corrected chi connectivity index (χ4v) is 5.31. The van der Waals surface area contributed by atoms with E-state index in [9.17, 15) is 9.59 Å². The van der Waals surface area contributed by atoms with E-state index < -0.39 is 0 Å². The molecule has 1 aliphatic heterocycles. The van der Waals surface area contributed by atoms with Crippen LogP contribution in [-0.4, -0.2) is 36.9 Å². The van der Waals surface area contributed by atoms with Crippen LogP contribution in [0.3, 0.4) is 0 Å². The van der Waals surface area contributed by atoms with Crippen molar-refractivity contribution in [2.24, 2.45) is 0 Å². The van der Waals surface area contributed by atoms with Crippen LogP contribution in [0, 0.1) is 34.6 Å². The van der Waals surface area contributed by atoms with E-state index >= 15 is 0 Å². The fourth-order valence-electron chi connectivity index (χ4n) is 5.31. The van der Waals surface area contributed by atoms with Crippen LogP contribution in [0.15, 0.2) is 67.0 Å². The monoisotopic (exact) mass is 689 g/mol. The topological polar surface area (TPSA) is 40.6 Å². The predicted molar refractivity (Wildman–Crippen MR) is 158 cm³/mol. The summed E-state index contributed by atoms with van der Waals surface area (Å²) in [5.74, 6) is -0.125. The second-order valence-corrected chi connectivity index (χ2v) is 10.4. The van der Waals surface area contributed by atoms with Gasteiger partial charge >= 0.3 is 21.1 Å². The summed E-state index contributed by atoms with van der Waals surface area (Å²) in [5, 5.41) is 0. The molecule has 0 saturated heterocycles. The molecule has 3 aromatic carbocycles. The second-order valence-electron chi connectivity index (χ2n) is 10.4. The number of ketones is 2. The Hall–Kier alpha value is -2.91. The van der Waals surface area contributed by atoms with Gasteiger partial charge in [0, 0.05) is 25.1 Å². The molecule has 0 fully saturated rings. The minimum atomic E-state index is -0.0625. The number of hydrogen-bond donors (Lipinski definition) is 0. The summed E-state index contributed by atoms with van der Waals surface area (Å²) < 4.78 is 0. The van der Waals surface area contributed by atoms with E-state index in [1.54, 1.807) is 0 Å². The number of nitrogens with zero attached hydrogens (tertiary/aromatic N) is 2. The molecule has 0 radical (unpaired) electrons. The molecule has 3 aromatic rings. The molecule has 1 aliphatic rings. The van der Waals surface area contributed by atoms with Crippen LogP contribution in [0.2, 0.25) is 0 Å². The van der Waals surface area contributed by atoms with Gasteiger partial charge in [0.15, 0.2) is 0 Å². The smallest absolute Gasteiger partial charge is 0.361 e. The number of aryl methyl sites for hydroxylation is 5. The molecule has 0 aliphatic carbocycles. The van der Waals surface area contributed by atoms with Crippen molar-refractivity contribution in [3.63, 3.8) is 0 Å². The Kier molecular flexibility index (Phi) is 11.3. The van der Waals surface area contributed by atoms with Gasteiger partial charge in [0.25, 0.3) is 0 Å². The van der Waals surface area contributed by atoms with Gasteiger partial charge in [-0.1, -0.05) is 86.7 Å². The fraction of sp³-hybridized carbons (Fsp3) is 0.312. The van der Waals surface area contributed by atoms with Crippen LogP contribution >= 0.6 is 0 Å². The van der Waals surface area contributed by atoms with E-state index in [0.717, 1.165) is 6.67 Å². The van der Waals surface area contributed by atoms with Gasteiger partial charge in [-0.15, -0.1) is 0 Å². The van der Waals surface area contributed by atoms with Gasteiger partial charge in [-0.2, -0.15) is 0 Å². The normalized spacial score (nSPS) is 12.0. The second kappa shape index (κ2) is 13.8. The third-order valence-electron chi connectivity index (χ3n) is 6.79. The molecular weight excluding hydrogens is 650 g/mol. The Morgan fingerprint density at radius 2 is 1.26 bits per heavy atom. The van der Waals surface area contributed by atoms with Gasteiger partial charge in [0.1, 0.15) is 11.6 Å². The number of anilines is 1. The van der Waals surface area contributed by atoms with E-state index in [1.165, 1.54) is 63.7 Å². The summed E-state index contributed by atoms with van der Waals surface area (Å²) in [4.78, 5) is 24.5. The molecule has 0 amide bonds. The van der Waals surface area contributed by atoms with Crippen molar-refractivity contribution >= 4 is 40.4 Å². The Balaban J connectivity index is 0.000000561. The number of carbonyl (C=O) groups is 2. The van der Waals surface area contributed by atoms with Crippen molar-refractivity contribution < 1.29 is 30.7 Å². The summed E-state index contributed by atoms with van der Waals surface area (Å²) in [7, 11) is 2.10. The Labute approximate surface area is 243 Å². The van der Waals surface area contributed by atoms with Gasteiger partial charge in [0.2, 0.25) is 6.71 Å². The molecule has 1 heterocycles. The first-order valence-corrected chi connectivity index (χ1v) is 12.9. The third kappa shape index (κ3) is 7.80. The summed E-state index contributed by atoms with van der Waals surface area (Å²) in [6.45, 7) is 15.1. The summed E-state index contributed by atoms with van der Waals surface area (Å²) >= 11 is 0. The van der Waals surface area contributed by atoms with E-state index in [0.29, 0.717) is 0 Å². The first-order valence-electron chi connectivity index (χ1n) is 12.9. The minimum Gasteiger partial charge on any atom is -0.361 e. The molecule has 0 N–H and O–H groups in total. The number of benzene rings is 3. The van der Waals surface area contributed by atoms with Crippen LogP contribution in [0.1, 0.15) is 48.1 Å². The molecule has 4 nitrogen and oxygen atoms in total. The Bertz CT molecular complexity index is 1260. The van der Waals surface area contributed by atoms with Crippen molar-refractivity contribution in [3.05, 3.63) is 94.8 Å². The van der Waals surface area contributed by atoms with Gasteiger partial charge < -0.3 is 9.80 Å². The average molecular weight is 690 g/mol. The van der Waals surface area contributed by atoms with Gasteiger partial charge in [-0.3, -0.25) is 9.59 Å².